The highest BCUT2D eigenvalue weighted by atomic mass is 32.2. The molecule has 0 aliphatic rings. The van der Waals surface area contributed by atoms with Gasteiger partial charge < -0.3 is 5.11 Å². The minimum atomic E-state index is -3.69. The highest BCUT2D eigenvalue weighted by molar-refractivity contribution is 7.88. The standard InChI is InChI=1S/C11H15F2NO3S/c1-8(15)4-5-14-18(16,17)7-9-2-3-10(12)6-11(9)13/h2-3,6,8,14-15H,4-5,7H2,1H3. The van der Waals surface area contributed by atoms with Crippen LogP contribution in [0.25, 0.3) is 0 Å². The lowest BCUT2D eigenvalue weighted by molar-refractivity contribution is 0.186. The van der Waals surface area contributed by atoms with Crippen LogP contribution in [0.1, 0.15) is 18.9 Å². The van der Waals surface area contributed by atoms with Crippen molar-refractivity contribution in [1.82, 2.24) is 4.72 Å². The Balaban J connectivity index is 2.65. The van der Waals surface area contributed by atoms with Crippen molar-refractivity contribution in [3.05, 3.63) is 35.4 Å². The van der Waals surface area contributed by atoms with E-state index in [2.05, 4.69) is 4.72 Å². The second-order valence-electron chi connectivity index (χ2n) is 4.03. The van der Waals surface area contributed by atoms with Gasteiger partial charge >= 0.3 is 0 Å². The van der Waals surface area contributed by atoms with E-state index in [-0.39, 0.29) is 18.5 Å². The van der Waals surface area contributed by atoms with Crippen LogP contribution < -0.4 is 4.72 Å². The molecule has 0 aliphatic heterocycles. The number of aliphatic hydroxyl groups is 1. The third-order valence-corrected chi connectivity index (χ3v) is 3.58. The van der Waals surface area contributed by atoms with Crippen molar-refractivity contribution in [3.8, 4) is 0 Å². The average molecular weight is 279 g/mol. The average Bonchev–Trinajstić information content (AvgIpc) is 2.21. The number of sulfonamides is 1. The highest BCUT2D eigenvalue weighted by Gasteiger charge is 2.14. The topological polar surface area (TPSA) is 66.4 Å². The maximum absolute atomic E-state index is 13.3. The molecule has 1 unspecified atom stereocenters. The van der Waals surface area contributed by atoms with Gasteiger partial charge in [-0.1, -0.05) is 6.07 Å². The second kappa shape index (κ2) is 6.21. The van der Waals surface area contributed by atoms with Gasteiger partial charge in [0.2, 0.25) is 10.0 Å². The lowest BCUT2D eigenvalue weighted by Crippen LogP contribution is -2.28. The first-order valence-electron chi connectivity index (χ1n) is 5.39. The van der Waals surface area contributed by atoms with Crippen molar-refractivity contribution in [2.75, 3.05) is 6.54 Å². The van der Waals surface area contributed by atoms with Gasteiger partial charge in [-0.2, -0.15) is 0 Å². The Kier molecular flexibility index (Phi) is 5.18. The molecule has 0 spiro atoms. The summed E-state index contributed by atoms with van der Waals surface area (Å²) in [5, 5.41) is 8.98. The Bertz CT molecular complexity index is 503. The van der Waals surface area contributed by atoms with E-state index in [0.29, 0.717) is 6.07 Å². The second-order valence-corrected chi connectivity index (χ2v) is 5.83. The predicted octanol–water partition coefficient (Wildman–Crippen LogP) is 1.16. The first-order chi connectivity index (χ1) is 8.30. The minimum Gasteiger partial charge on any atom is -0.393 e. The number of rotatable bonds is 6. The van der Waals surface area contributed by atoms with Crippen LogP contribution in [0.3, 0.4) is 0 Å². The van der Waals surface area contributed by atoms with Crippen LogP contribution in [0.5, 0.6) is 0 Å². The summed E-state index contributed by atoms with van der Waals surface area (Å²) in [5.74, 6) is -2.20. The number of hydrogen-bond donors (Lipinski definition) is 2. The number of hydrogen-bond acceptors (Lipinski definition) is 3. The first-order valence-corrected chi connectivity index (χ1v) is 7.05. The molecule has 4 nitrogen and oxygen atoms in total. The van der Waals surface area contributed by atoms with Gasteiger partial charge in [0.15, 0.2) is 0 Å². The van der Waals surface area contributed by atoms with Crippen molar-refractivity contribution in [2.45, 2.75) is 25.2 Å². The van der Waals surface area contributed by atoms with Crippen molar-refractivity contribution in [2.24, 2.45) is 0 Å². The molecule has 0 aliphatic carbocycles. The monoisotopic (exact) mass is 279 g/mol. The van der Waals surface area contributed by atoms with Gasteiger partial charge in [-0.15, -0.1) is 0 Å². The Morgan fingerprint density at radius 1 is 1.39 bits per heavy atom. The molecule has 0 heterocycles. The molecule has 18 heavy (non-hydrogen) atoms. The minimum absolute atomic E-state index is 0.0722. The van der Waals surface area contributed by atoms with Gasteiger partial charge in [-0.3, -0.25) is 0 Å². The van der Waals surface area contributed by atoms with Crippen LogP contribution in [0.2, 0.25) is 0 Å². The fourth-order valence-electron chi connectivity index (χ4n) is 1.32. The van der Waals surface area contributed by atoms with Crippen molar-refractivity contribution >= 4 is 10.0 Å². The van der Waals surface area contributed by atoms with Gasteiger partial charge in [0.05, 0.1) is 11.9 Å². The van der Waals surface area contributed by atoms with Crippen molar-refractivity contribution < 1.29 is 22.3 Å². The molecule has 0 fully saturated rings. The molecule has 102 valence electrons. The zero-order chi connectivity index (χ0) is 13.8. The zero-order valence-electron chi connectivity index (χ0n) is 9.86. The number of benzene rings is 1. The molecule has 1 aromatic carbocycles. The van der Waals surface area contributed by atoms with Crippen molar-refractivity contribution in [1.29, 1.82) is 0 Å². The molecule has 1 rings (SSSR count). The molecule has 0 saturated heterocycles. The number of aliphatic hydroxyl groups excluding tert-OH is 1. The maximum atomic E-state index is 13.3. The summed E-state index contributed by atoms with van der Waals surface area (Å²) in [7, 11) is -3.69. The van der Waals surface area contributed by atoms with Gasteiger partial charge in [0.25, 0.3) is 0 Å². The summed E-state index contributed by atoms with van der Waals surface area (Å²) >= 11 is 0. The summed E-state index contributed by atoms with van der Waals surface area (Å²) in [6.07, 6.45) is -0.347. The maximum Gasteiger partial charge on any atom is 0.215 e. The van der Waals surface area contributed by atoms with Crippen LogP contribution in [-0.2, 0) is 15.8 Å². The lowest BCUT2D eigenvalue weighted by atomic mass is 10.2. The fourth-order valence-corrected chi connectivity index (χ4v) is 2.49. The number of halogens is 2. The SMILES string of the molecule is CC(O)CCNS(=O)(=O)Cc1ccc(F)cc1F. The zero-order valence-corrected chi connectivity index (χ0v) is 10.7. The van der Waals surface area contributed by atoms with Crippen molar-refractivity contribution in [3.63, 3.8) is 0 Å². The third-order valence-electron chi connectivity index (χ3n) is 2.24. The fraction of sp³-hybridized carbons (Fsp3) is 0.455. The Morgan fingerprint density at radius 3 is 2.61 bits per heavy atom. The van der Waals surface area contributed by atoms with Crippen LogP contribution in [-0.4, -0.2) is 26.2 Å². The lowest BCUT2D eigenvalue weighted by Gasteiger charge is -2.08. The molecule has 2 N–H and O–H groups in total. The highest BCUT2D eigenvalue weighted by Crippen LogP contribution is 2.12. The van der Waals surface area contributed by atoms with Gasteiger partial charge in [0, 0.05) is 18.2 Å². The summed E-state index contributed by atoms with van der Waals surface area (Å²) < 4.78 is 51.3. The molecular formula is C11H15F2NO3S. The molecule has 1 atom stereocenters. The van der Waals surface area contributed by atoms with E-state index in [4.69, 9.17) is 5.11 Å². The van der Waals surface area contributed by atoms with E-state index in [1.807, 2.05) is 0 Å². The summed E-state index contributed by atoms with van der Waals surface area (Å²) in [6.45, 7) is 1.61. The van der Waals surface area contributed by atoms with Gasteiger partial charge in [0.1, 0.15) is 11.6 Å². The molecule has 0 saturated carbocycles. The molecule has 1 aromatic rings. The van der Waals surface area contributed by atoms with E-state index < -0.39 is 33.5 Å². The van der Waals surface area contributed by atoms with E-state index in [1.54, 1.807) is 0 Å². The molecule has 0 radical (unpaired) electrons. The van der Waals surface area contributed by atoms with Crippen LogP contribution in [0, 0.1) is 11.6 Å². The molecule has 0 bridgehead atoms. The third kappa shape index (κ3) is 5.07. The normalized spacial score (nSPS) is 13.6. The van der Waals surface area contributed by atoms with Crippen LogP contribution in [0.15, 0.2) is 18.2 Å². The molecular weight excluding hydrogens is 264 g/mol. The first kappa shape index (κ1) is 15.0. The largest absolute Gasteiger partial charge is 0.393 e. The quantitative estimate of drug-likeness (QED) is 0.821. The molecule has 0 amide bonds. The summed E-state index contributed by atoms with van der Waals surface area (Å²) in [6, 6.07) is 2.74. The number of nitrogens with one attached hydrogen (secondary N) is 1. The van der Waals surface area contributed by atoms with Crippen LogP contribution >= 0.6 is 0 Å². The van der Waals surface area contributed by atoms with Crippen LogP contribution in [0.4, 0.5) is 8.78 Å². The van der Waals surface area contributed by atoms with Gasteiger partial charge in [-0.25, -0.2) is 21.9 Å². The predicted molar refractivity (Wildman–Crippen MR) is 63.3 cm³/mol. The Labute approximate surface area is 105 Å². The molecule has 0 aromatic heterocycles. The Hall–Kier alpha value is -1.05. The van der Waals surface area contributed by atoms with E-state index >= 15 is 0 Å². The van der Waals surface area contributed by atoms with E-state index in [0.717, 1.165) is 12.1 Å². The summed E-state index contributed by atoms with van der Waals surface area (Å²) in [5.41, 5.74) is -0.0963. The van der Waals surface area contributed by atoms with Gasteiger partial charge in [-0.05, 0) is 19.4 Å². The molecule has 7 heteroatoms. The Morgan fingerprint density at radius 2 is 2.06 bits per heavy atom. The van der Waals surface area contributed by atoms with E-state index in [9.17, 15) is 17.2 Å². The smallest absolute Gasteiger partial charge is 0.215 e. The van der Waals surface area contributed by atoms with E-state index in [1.165, 1.54) is 6.92 Å². The summed E-state index contributed by atoms with van der Waals surface area (Å²) in [4.78, 5) is 0.